The zero-order valence-electron chi connectivity index (χ0n) is 17.8. The summed E-state index contributed by atoms with van der Waals surface area (Å²) in [6.45, 7) is 2.15. The van der Waals surface area contributed by atoms with Gasteiger partial charge in [0.25, 0.3) is 5.56 Å². The summed E-state index contributed by atoms with van der Waals surface area (Å²) in [5.41, 5.74) is 1.51. The molecule has 0 saturated carbocycles. The summed E-state index contributed by atoms with van der Waals surface area (Å²) < 4.78 is 36.0. The van der Waals surface area contributed by atoms with Crippen LogP contribution in [0, 0.1) is 6.92 Å². The van der Waals surface area contributed by atoms with E-state index in [1.165, 1.54) is 28.0 Å². The molecule has 5 aromatic rings. The number of thiazole rings is 1. The van der Waals surface area contributed by atoms with Crippen molar-refractivity contribution in [3.8, 4) is 17.1 Å². The van der Waals surface area contributed by atoms with E-state index in [0.717, 1.165) is 5.56 Å². The van der Waals surface area contributed by atoms with Crippen LogP contribution in [0.25, 0.3) is 22.4 Å². The van der Waals surface area contributed by atoms with Crippen LogP contribution in [0.2, 0.25) is 0 Å². The molecule has 5 rings (SSSR count). The normalized spacial score (nSPS) is 12.5. The van der Waals surface area contributed by atoms with Gasteiger partial charge < -0.3 is 9.15 Å². The number of sulfonamides is 1. The van der Waals surface area contributed by atoms with Crippen LogP contribution < -0.4 is 20.0 Å². The van der Waals surface area contributed by atoms with E-state index in [2.05, 4.69) is 10.1 Å². The number of ether oxygens (including phenoxy) is 1. The number of hydrogen-bond donors (Lipinski definition) is 1. The second-order valence-electron chi connectivity index (χ2n) is 7.51. The molecule has 0 aliphatic heterocycles. The molecule has 9 nitrogen and oxygen atoms in total. The van der Waals surface area contributed by atoms with Gasteiger partial charge in [-0.2, -0.15) is 9.50 Å². The number of aryl methyl sites for hydroxylation is 1. The van der Waals surface area contributed by atoms with E-state index in [0.29, 0.717) is 38.2 Å². The molecule has 0 saturated heterocycles. The Balaban J connectivity index is 1.36. The second kappa shape index (κ2) is 8.52. The van der Waals surface area contributed by atoms with Gasteiger partial charge in [-0.3, -0.25) is 4.79 Å². The summed E-state index contributed by atoms with van der Waals surface area (Å²) in [5.74, 6) is 2.11. The first kappa shape index (κ1) is 22.0. The molecule has 0 atom stereocenters. The number of benzene rings is 2. The lowest BCUT2D eigenvalue weighted by atomic mass is 10.2. The third-order valence-corrected chi connectivity index (χ3v) is 6.87. The fraction of sp³-hybridized carbons (Fsp3) is 0.0870. The largest absolute Gasteiger partial charge is 0.486 e. The van der Waals surface area contributed by atoms with E-state index in [1.54, 1.807) is 30.3 Å². The van der Waals surface area contributed by atoms with Gasteiger partial charge in [-0.1, -0.05) is 29.0 Å². The van der Waals surface area contributed by atoms with E-state index in [9.17, 15) is 13.2 Å². The Labute approximate surface area is 197 Å². The van der Waals surface area contributed by atoms with Crippen LogP contribution in [-0.4, -0.2) is 23.0 Å². The maximum absolute atomic E-state index is 12.8. The van der Waals surface area contributed by atoms with Gasteiger partial charge in [-0.15, -0.1) is 5.10 Å². The minimum Gasteiger partial charge on any atom is -0.486 e. The Hall–Kier alpha value is -3.80. The Morgan fingerprint density at radius 3 is 2.50 bits per heavy atom. The highest BCUT2D eigenvalue weighted by Crippen LogP contribution is 2.24. The van der Waals surface area contributed by atoms with Crippen molar-refractivity contribution in [1.82, 2.24) is 14.6 Å². The number of primary sulfonamides is 1. The Bertz CT molecular complexity index is 1700. The van der Waals surface area contributed by atoms with Crippen molar-refractivity contribution in [2.75, 3.05) is 0 Å². The molecule has 0 amide bonds. The van der Waals surface area contributed by atoms with Gasteiger partial charge in [0.1, 0.15) is 28.4 Å². The van der Waals surface area contributed by atoms with E-state index in [-0.39, 0.29) is 17.1 Å². The fourth-order valence-corrected chi connectivity index (χ4v) is 4.66. The highest BCUT2D eigenvalue weighted by atomic mass is 32.2. The molecule has 34 heavy (non-hydrogen) atoms. The first-order valence-electron chi connectivity index (χ1n) is 10.1. The third-order valence-electron chi connectivity index (χ3n) is 4.98. The number of rotatable bonds is 6. The van der Waals surface area contributed by atoms with Gasteiger partial charge >= 0.3 is 0 Å². The Kier molecular flexibility index (Phi) is 5.52. The lowest BCUT2D eigenvalue weighted by Gasteiger charge is -2.03. The van der Waals surface area contributed by atoms with Gasteiger partial charge in [-0.25, -0.2) is 13.6 Å². The van der Waals surface area contributed by atoms with E-state index in [4.69, 9.17) is 14.3 Å². The molecule has 0 spiro atoms. The van der Waals surface area contributed by atoms with Crippen molar-refractivity contribution in [3.05, 3.63) is 92.7 Å². The highest BCUT2D eigenvalue weighted by molar-refractivity contribution is 7.89. The van der Waals surface area contributed by atoms with Crippen molar-refractivity contribution < 1.29 is 17.6 Å². The molecule has 172 valence electrons. The molecule has 2 aromatic carbocycles. The predicted octanol–water partition coefficient (Wildman–Crippen LogP) is 2.49. The molecule has 0 bridgehead atoms. The first-order chi connectivity index (χ1) is 16.3. The van der Waals surface area contributed by atoms with Crippen molar-refractivity contribution >= 4 is 32.4 Å². The summed E-state index contributed by atoms with van der Waals surface area (Å²) in [6, 6.07) is 17.1. The fourth-order valence-electron chi connectivity index (χ4n) is 3.24. The standard InChI is InChI=1S/C23H18N4O5S2/c1-14-2-6-16(7-3-14)31-13-21-25-23-27(26-21)22(28)20(33-23)12-17-8-11-19(32-17)15-4-9-18(10-5-15)34(24,29)30/h2-12H,13H2,1H3,(H2,24,29,30). The smallest absolute Gasteiger partial charge is 0.291 e. The van der Waals surface area contributed by atoms with Crippen LogP contribution in [0.15, 0.2) is 74.8 Å². The van der Waals surface area contributed by atoms with Crippen molar-refractivity contribution in [2.24, 2.45) is 5.14 Å². The Morgan fingerprint density at radius 2 is 1.82 bits per heavy atom. The van der Waals surface area contributed by atoms with Crippen LogP contribution in [0.3, 0.4) is 0 Å². The lowest BCUT2D eigenvalue weighted by molar-refractivity contribution is 0.296. The molecular formula is C23H18N4O5S2. The van der Waals surface area contributed by atoms with Gasteiger partial charge in [-0.05, 0) is 55.5 Å². The van der Waals surface area contributed by atoms with Crippen molar-refractivity contribution in [3.63, 3.8) is 0 Å². The number of fused-ring (bicyclic) bond motifs is 1. The van der Waals surface area contributed by atoms with Crippen LogP contribution in [0.4, 0.5) is 0 Å². The number of furan rings is 1. The van der Waals surface area contributed by atoms with Crippen molar-refractivity contribution in [2.45, 2.75) is 18.4 Å². The predicted molar refractivity (Wildman–Crippen MR) is 127 cm³/mol. The van der Waals surface area contributed by atoms with E-state index >= 15 is 0 Å². The maximum atomic E-state index is 12.8. The number of nitrogens with zero attached hydrogens (tertiary/aromatic N) is 3. The zero-order valence-corrected chi connectivity index (χ0v) is 19.5. The maximum Gasteiger partial charge on any atom is 0.291 e. The number of nitrogens with two attached hydrogens (primary N) is 1. The first-order valence-corrected chi connectivity index (χ1v) is 12.5. The average molecular weight is 495 g/mol. The summed E-state index contributed by atoms with van der Waals surface area (Å²) in [6.07, 6.45) is 1.62. The summed E-state index contributed by atoms with van der Waals surface area (Å²) in [7, 11) is -3.76. The molecule has 2 N–H and O–H groups in total. The van der Waals surface area contributed by atoms with Gasteiger partial charge in [0, 0.05) is 11.6 Å². The quantitative estimate of drug-likeness (QED) is 0.384. The molecule has 0 aliphatic carbocycles. The van der Waals surface area contributed by atoms with Gasteiger partial charge in [0.15, 0.2) is 5.82 Å². The van der Waals surface area contributed by atoms with Crippen LogP contribution in [0.5, 0.6) is 5.75 Å². The molecule has 3 heterocycles. The zero-order chi connectivity index (χ0) is 23.9. The highest BCUT2D eigenvalue weighted by Gasteiger charge is 2.13. The van der Waals surface area contributed by atoms with E-state index in [1.807, 2.05) is 31.2 Å². The SMILES string of the molecule is Cc1ccc(OCc2nc3sc(=Cc4ccc(-c5ccc(S(N)(=O)=O)cc5)o4)c(=O)n3n2)cc1. The lowest BCUT2D eigenvalue weighted by Crippen LogP contribution is -2.23. The monoisotopic (exact) mass is 494 g/mol. The van der Waals surface area contributed by atoms with Crippen LogP contribution in [0.1, 0.15) is 17.1 Å². The molecule has 0 radical (unpaired) electrons. The molecule has 0 fully saturated rings. The number of aromatic nitrogens is 3. The summed E-state index contributed by atoms with van der Waals surface area (Å²) in [4.78, 5) is 17.6. The average Bonchev–Trinajstić information content (AvgIpc) is 3.50. The molecule has 11 heteroatoms. The summed E-state index contributed by atoms with van der Waals surface area (Å²) >= 11 is 1.20. The molecular weight excluding hydrogens is 476 g/mol. The van der Waals surface area contributed by atoms with Crippen LogP contribution >= 0.6 is 11.3 Å². The third kappa shape index (κ3) is 4.49. The van der Waals surface area contributed by atoms with Crippen molar-refractivity contribution in [1.29, 1.82) is 0 Å². The Morgan fingerprint density at radius 1 is 1.09 bits per heavy atom. The molecule has 0 aliphatic rings. The summed E-state index contributed by atoms with van der Waals surface area (Å²) in [5, 5.41) is 9.38. The minimum absolute atomic E-state index is 0.0173. The number of hydrogen-bond acceptors (Lipinski definition) is 8. The minimum atomic E-state index is -3.76. The van der Waals surface area contributed by atoms with Gasteiger partial charge in [0.2, 0.25) is 15.0 Å². The van der Waals surface area contributed by atoms with E-state index < -0.39 is 10.0 Å². The second-order valence-corrected chi connectivity index (χ2v) is 10.1. The van der Waals surface area contributed by atoms with Crippen LogP contribution in [-0.2, 0) is 16.6 Å². The molecule has 0 unspecified atom stereocenters. The molecule has 3 aromatic heterocycles. The topological polar surface area (TPSA) is 130 Å². The van der Waals surface area contributed by atoms with Gasteiger partial charge in [0.05, 0.1) is 4.90 Å².